The van der Waals surface area contributed by atoms with Gasteiger partial charge in [0.1, 0.15) is 11.2 Å². The van der Waals surface area contributed by atoms with Crippen LogP contribution in [-0.2, 0) is 0 Å². The summed E-state index contributed by atoms with van der Waals surface area (Å²) in [6.45, 7) is 0. The fourth-order valence-electron chi connectivity index (χ4n) is 8.72. The maximum atomic E-state index is 6.83. The van der Waals surface area contributed by atoms with Gasteiger partial charge in [-0.1, -0.05) is 146 Å². The molecule has 0 bridgehead atoms. The van der Waals surface area contributed by atoms with Gasteiger partial charge in [0.05, 0.1) is 16.6 Å². The van der Waals surface area contributed by atoms with Crippen LogP contribution in [-0.4, -0.2) is 15.4 Å². The first-order chi connectivity index (χ1) is 27.3. The van der Waals surface area contributed by atoms with Gasteiger partial charge >= 0.3 is 6.17 Å². The lowest BCUT2D eigenvalue weighted by Crippen LogP contribution is -2.84. The molecule has 0 amide bonds. The van der Waals surface area contributed by atoms with Crippen molar-refractivity contribution < 1.29 is 14.3 Å². The normalized spacial score (nSPS) is 15.7. The zero-order chi connectivity index (χ0) is 36.3. The van der Waals surface area contributed by atoms with Crippen molar-refractivity contribution in [3.8, 4) is 27.9 Å². The van der Waals surface area contributed by atoms with Crippen LogP contribution in [0.25, 0.3) is 71.7 Å². The highest BCUT2D eigenvalue weighted by molar-refractivity contribution is 6.14. The number of fused-ring (bicyclic) bond motifs is 6. The number of rotatable bonds is 6. The van der Waals surface area contributed by atoms with Crippen LogP contribution in [0.2, 0.25) is 0 Å². The van der Waals surface area contributed by atoms with Gasteiger partial charge in [0.25, 0.3) is 0 Å². The lowest BCUT2D eigenvalue weighted by Gasteiger charge is -2.12. The van der Waals surface area contributed by atoms with Gasteiger partial charge in [-0.15, -0.1) is 4.58 Å². The lowest BCUT2D eigenvalue weighted by molar-refractivity contribution is -0.820. The van der Waals surface area contributed by atoms with E-state index in [0.717, 1.165) is 49.9 Å². The summed E-state index contributed by atoms with van der Waals surface area (Å²) < 4.78 is 11.6. The lowest BCUT2D eigenvalue weighted by atomic mass is 9.99. The molecule has 1 aliphatic rings. The molecule has 55 heavy (non-hydrogen) atoms. The fourth-order valence-corrected chi connectivity index (χ4v) is 8.72. The number of quaternary nitrogens is 1. The molecule has 2 aromatic heterocycles. The van der Waals surface area contributed by atoms with Crippen molar-refractivity contribution >= 4 is 55.6 Å². The maximum absolute atomic E-state index is 6.83. The molecule has 2 atom stereocenters. The summed E-state index contributed by atoms with van der Waals surface area (Å²) in [7, 11) is 0. The predicted molar refractivity (Wildman–Crippen MR) is 225 cm³/mol. The van der Waals surface area contributed by atoms with Crippen molar-refractivity contribution in [3.63, 3.8) is 0 Å². The van der Waals surface area contributed by atoms with E-state index in [4.69, 9.17) is 4.42 Å². The molecule has 2 N–H and O–H groups in total. The van der Waals surface area contributed by atoms with Crippen LogP contribution < -0.4 is 5.32 Å². The summed E-state index contributed by atoms with van der Waals surface area (Å²) in [5.41, 5.74) is 13.6. The van der Waals surface area contributed by atoms with Crippen molar-refractivity contribution in [3.05, 3.63) is 205 Å². The molecule has 0 spiro atoms. The van der Waals surface area contributed by atoms with Crippen LogP contribution in [0.5, 0.6) is 0 Å². The average molecular weight is 708 g/mol. The van der Waals surface area contributed by atoms with Crippen LogP contribution in [0.1, 0.15) is 23.3 Å². The molecular weight excluding hydrogens is 671 g/mol. The highest BCUT2D eigenvalue weighted by atomic mass is 16.3. The number of hydrogen-bond acceptors (Lipinski definition) is 1. The minimum absolute atomic E-state index is 0.158. The second kappa shape index (κ2) is 12.8. The van der Waals surface area contributed by atoms with E-state index >= 15 is 0 Å². The first kappa shape index (κ1) is 31.5. The Bertz CT molecular complexity index is 3050. The SMILES string of the molecule is C1=[N+](c2ccccc2)C(c2ccccc2)[NH2+]C1c1ccc(-n2c3ccccc3c3ccc(-c4cccc5c4oc4c(-c6ccccc6)cccc45)cc32)cc1. The summed E-state index contributed by atoms with van der Waals surface area (Å²) in [6.07, 6.45) is 2.53. The summed E-state index contributed by atoms with van der Waals surface area (Å²) in [5, 5.41) is 7.19. The van der Waals surface area contributed by atoms with Crippen LogP contribution in [0.4, 0.5) is 5.69 Å². The van der Waals surface area contributed by atoms with E-state index < -0.39 is 0 Å². The Morgan fingerprint density at radius 1 is 0.455 bits per heavy atom. The highest BCUT2D eigenvalue weighted by Crippen LogP contribution is 2.41. The van der Waals surface area contributed by atoms with E-state index in [1.54, 1.807) is 0 Å². The standard InChI is InChI=1S/C51H36N3O/c1-4-14-34(15-5-1)40-21-12-23-44-45-24-13-22-41(50(45)55-49(40)44)37-28-31-43-42-20-10-11-25-47(42)54(48(43)32-37)39-29-26-35(27-30-39)46-33-53(38-18-8-3-9-19-38)51(52-46)36-16-6-2-7-17-36/h1-33,46,51-52H/q+1/p+1. The Morgan fingerprint density at radius 3 is 1.78 bits per heavy atom. The minimum Gasteiger partial charge on any atom is -0.455 e. The Balaban J connectivity index is 1.01. The van der Waals surface area contributed by atoms with Crippen molar-refractivity contribution in [2.45, 2.75) is 12.2 Å². The highest BCUT2D eigenvalue weighted by Gasteiger charge is 2.39. The number of benzene rings is 8. The fraction of sp³-hybridized carbons (Fsp3) is 0.0392. The smallest absolute Gasteiger partial charge is 0.309 e. The van der Waals surface area contributed by atoms with Crippen LogP contribution in [0.3, 0.4) is 0 Å². The first-order valence-electron chi connectivity index (χ1n) is 19.0. The first-order valence-corrected chi connectivity index (χ1v) is 19.0. The zero-order valence-electron chi connectivity index (χ0n) is 30.1. The summed E-state index contributed by atoms with van der Waals surface area (Å²) >= 11 is 0. The van der Waals surface area contributed by atoms with Gasteiger partial charge in [-0.3, -0.25) is 5.32 Å². The van der Waals surface area contributed by atoms with E-state index in [-0.39, 0.29) is 12.2 Å². The van der Waals surface area contributed by atoms with Gasteiger partial charge in [0, 0.05) is 56.1 Å². The third-order valence-corrected chi connectivity index (χ3v) is 11.3. The number of para-hydroxylation sites is 4. The summed E-state index contributed by atoms with van der Waals surface area (Å²) in [4.78, 5) is 0. The van der Waals surface area contributed by atoms with Gasteiger partial charge in [-0.05, 0) is 47.5 Å². The molecule has 1 aliphatic heterocycles. The Hall–Kier alpha value is -7.01. The molecule has 2 unspecified atom stereocenters. The second-order valence-corrected chi connectivity index (χ2v) is 14.5. The van der Waals surface area contributed by atoms with Gasteiger partial charge < -0.3 is 8.98 Å². The number of hydrogen-bond donors (Lipinski definition) is 1. The van der Waals surface area contributed by atoms with E-state index in [9.17, 15) is 0 Å². The van der Waals surface area contributed by atoms with Crippen molar-refractivity contribution in [1.29, 1.82) is 0 Å². The van der Waals surface area contributed by atoms with Gasteiger partial charge in [-0.2, -0.15) is 0 Å². The number of nitrogens with zero attached hydrogens (tertiary/aromatic N) is 2. The van der Waals surface area contributed by atoms with Crippen LogP contribution >= 0.6 is 0 Å². The number of aromatic nitrogens is 1. The Morgan fingerprint density at radius 2 is 1.05 bits per heavy atom. The van der Waals surface area contributed by atoms with Crippen molar-refractivity contribution in [2.75, 3.05) is 0 Å². The molecule has 0 radical (unpaired) electrons. The number of furan rings is 1. The molecule has 3 heterocycles. The van der Waals surface area contributed by atoms with Gasteiger partial charge in [0.15, 0.2) is 6.04 Å². The van der Waals surface area contributed by atoms with Crippen molar-refractivity contribution in [2.24, 2.45) is 0 Å². The van der Waals surface area contributed by atoms with E-state index in [1.165, 1.54) is 38.6 Å². The molecule has 260 valence electrons. The van der Waals surface area contributed by atoms with E-state index in [1.807, 2.05) is 0 Å². The molecular formula is C51H37N3O+2. The second-order valence-electron chi connectivity index (χ2n) is 14.5. The largest absolute Gasteiger partial charge is 0.455 e. The molecule has 8 aromatic carbocycles. The topological polar surface area (TPSA) is 37.7 Å². The molecule has 11 rings (SSSR count). The third-order valence-electron chi connectivity index (χ3n) is 11.3. The van der Waals surface area contributed by atoms with Crippen LogP contribution in [0.15, 0.2) is 199 Å². The van der Waals surface area contributed by atoms with Crippen molar-refractivity contribution in [1.82, 2.24) is 4.57 Å². The molecule has 0 saturated heterocycles. The van der Waals surface area contributed by atoms with Gasteiger partial charge in [-0.25, -0.2) is 0 Å². The molecule has 0 fully saturated rings. The molecule has 4 nitrogen and oxygen atoms in total. The Kier molecular flexibility index (Phi) is 7.35. The maximum Gasteiger partial charge on any atom is 0.309 e. The Labute approximate surface area is 318 Å². The van der Waals surface area contributed by atoms with Gasteiger partial charge in [0.2, 0.25) is 11.9 Å². The number of nitrogens with two attached hydrogens (primary N) is 1. The zero-order valence-corrected chi connectivity index (χ0v) is 30.1. The molecule has 0 saturated carbocycles. The van der Waals surface area contributed by atoms with E-state index in [2.05, 4.69) is 215 Å². The quantitative estimate of drug-likeness (QED) is 0.172. The summed E-state index contributed by atoms with van der Waals surface area (Å²) in [5.74, 6) is 0. The molecule has 4 heteroatoms. The van der Waals surface area contributed by atoms with Crippen LogP contribution in [0, 0.1) is 0 Å². The molecule has 0 aliphatic carbocycles. The monoisotopic (exact) mass is 707 g/mol. The molecule has 10 aromatic rings. The van der Waals surface area contributed by atoms with E-state index in [0.29, 0.717) is 0 Å². The minimum atomic E-state index is 0.158. The third kappa shape index (κ3) is 5.22. The summed E-state index contributed by atoms with van der Waals surface area (Å²) in [6, 6.07) is 69.9. The average Bonchev–Trinajstić information content (AvgIpc) is 3.97. The predicted octanol–water partition coefficient (Wildman–Crippen LogP) is 11.7.